The van der Waals surface area contributed by atoms with Crippen LogP contribution in [0, 0.1) is 22.7 Å². The first-order valence-electron chi connectivity index (χ1n) is 10.5. The van der Waals surface area contributed by atoms with Crippen LogP contribution in [0.15, 0.2) is 48.8 Å². The number of benzene rings is 1. The molecule has 152 valence electrons. The van der Waals surface area contributed by atoms with Gasteiger partial charge in [-0.25, -0.2) is 0 Å². The Morgan fingerprint density at radius 2 is 2.03 bits per heavy atom. The van der Waals surface area contributed by atoms with Crippen LogP contribution in [0.5, 0.6) is 5.75 Å². The van der Waals surface area contributed by atoms with Crippen molar-refractivity contribution in [1.29, 1.82) is 0 Å². The Labute approximate surface area is 171 Å². The van der Waals surface area contributed by atoms with Crippen molar-refractivity contribution in [2.45, 2.75) is 45.3 Å². The quantitative estimate of drug-likeness (QED) is 0.825. The molecule has 5 atom stereocenters. The van der Waals surface area contributed by atoms with E-state index in [4.69, 9.17) is 4.74 Å². The van der Waals surface area contributed by atoms with Crippen LogP contribution in [0.4, 0.5) is 0 Å². The molecule has 1 spiro atoms. The molecular formula is C24H28N2O3. The van der Waals surface area contributed by atoms with Crippen LogP contribution in [0.2, 0.25) is 0 Å². The third-order valence-electron chi connectivity index (χ3n) is 7.89. The molecule has 0 radical (unpaired) electrons. The number of nitrogens with zero attached hydrogens (tertiary/aromatic N) is 1. The minimum absolute atomic E-state index is 0.0103. The Morgan fingerprint density at radius 3 is 2.79 bits per heavy atom. The van der Waals surface area contributed by atoms with Gasteiger partial charge in [0.15, 0.2) is 0 Å². The minimum atomic E-state index is -0.157. The van der Waals surface area contributed by atoms with Crippen molar-refractivity contribution in [2.75, 3.05) is 6.61 Å². The first kappa shape index (κ1) is 18.6. The van der Waals surface area contributed by atoms with E-state index >= 15 is 0 Å². The zero-order valence-electron chi connectivity index (χ0n) is 17.0. The maximum absolute atomic E-state index is 13.0. The van der Waals surface area contributed by atoms with Gasteiger partial charge in [0.1, 0.15) is 5.75 Å². The van der Waals surface area contributed by atoms with Crippen LogP contribution in [-0.2, 0) is 4.74 Å². The Morgan fingerprint density at radius 1 is 1.24 bits per heavy atom. The molecule has 2 N–H and O–H groups in total. The summed E-state index contributed by atoms with van der Waals surface area (Å²) in [6.45, 7) is 5.31. The average Bonchev–Trinajstić information content (AvgIpc) is 3.21. The first-order valence-corrected chi connectivity index (χ1v) is 10.5. The second kappa shape index (κ2) is 6.56. The number of carbonyl (C=O) groups is 1. The van der Waals surface area contributed by atoms with Crippen molar-refractivity contribution in [3.63, 3.8) is 0 Å². The number of ether oxygens (including phenoxy) is 1. The average molecular weight is 392 g/mol. The number of amides is 1. The number of hydrogen-bond acceptors (Lipinski definition) is 4. The van der Waals surface area contributed by atoms with Gasteiger partial charge >= 0.3 is 0 Å². The summed E-state index contributed by atoms with van der Waals surface area (Å²) in [7, 11) is 0. The van der Waals surface area contributed by atoms with Crippen LogP contribution >= 0.6 is 0 Å². The molecule has 2 bridgehead atoms. The molecule has 2 aromatic rings. The van der Waals surface area contributed by atoms with Gasteiger partial charge in [0.05, 0.1) is 17.9 Å². The summed E-state index contributed by atoms with van der Waals surface area (Å²) in [5.74, 6) is 0.822. The summed E-state index contributed by atoms with van der Waals surface area (Å²) in [6, 6.07) is 12.1. The molecule has 1 aliphatic heterocycles. The molecule has 2 saturated carbocycles. The van der Waals surface area contributed by atoms with E-state index in [-0.39, 0.29) is 34.6 Å². The summed E-state index contributed by atoms with van der Waals surface area (Å²) < 4.78 is 6.29. The highest BCUT2D eigenvalue weighted by Crippen LogP contribution is 2.70. The zero-order valence-corrected chi connectivity index (χ0v) is 17.0. The van der Waals surface area contributed by atoms with Gasteiger partial charge in [0.25, 0.3) is 5.91 Å². The SMILES string of the molecule is CC1(C)[C@@H]2C[C@@H]3[C@@H](c4ccccc4)OCCC3(C2)[C@H]1NC(=O)c1cncc(O)c1. The second-order valence-corrected chi connectivity index (χ2v) is 9.59. The number of rotatable bonds is 3. The molecule has 29 heavy (non-hydrogen) atoms. The summed E-state index contributed by atoms with van der Waals surface area (Å²) in [4.78, 5) is 17.0. The van der Waals surface area contributed by atoms with Crippen LogP contribution in [0.25, 0.3) is 0 Å². The number of fused-ring (bicyclic) bond motifs is 1. The van der Waals surface area contributed by atoms with Crippen molar-refractivity contribution in [3.8, 4) is 5.75 Å². The van der Waals surface area contributed by atoms with E-state index in [0.717, 1.165) is 25.9 Å². The first-order chi connectivity index (χ1) is 13.9. The summed E-state index contributed by atoms with van der Waals surface area (Å²) >= 11 is 0. The van der Waals surface area contributed by atoms with E-state index in [1.165, 1.54) is 24.0 Å². The van der Waals surface area contributed by atoms with Gasteiger partial charge in [-0.3, -0.25) is 9.78 Å². The third-order valence-corrected chi connectivity index (χ3v) is 7.89. The van der Waals surface area contributed by atoms with Crippen LogP contribution in [0.1, 0.15) is 55.1 Å². The molecule has 2 heterocycles. The van der Waals surface area contributed by atoms with Gasteiger partial charge in [0.2, 0.25) is 0 Å². The zero-order chi connectivity index (χ0) is 20.2. The molecule has 3 fully saturated rings. The summed E-state index contributed by atoms with van der Waals surface area (Å²) in [6.07, 6.45) is 6.21. The predicted octanol–water partition coefficient (Wildman–Crippen LogP) is 4.10. The fourth-order valence-corrected chi connectivity index (χ4v) is 6.53. The fourth-order valence-electron chi connectivity index (χ4n) is 6.53. The van der Waals surface area contributed by atoms with Crippen molar-refractivity contribution in [2.24, 2.45) is 22.7 Å². The Kier molecular flexibility index (Phi) is 4.21. The smallest absolute Gasteiger partial charge is 0.253 e. The lowest BCUT2D eigenvalue weighted by Crippen LogP contribution is -2.58. The van der Waals surface area contributed by atoms with Crippen molar-refractivity contribution in [3.05, 3.63) is 59.9 Å². The van der Waals surface area contributed by atoms with Crippen molar-refractivity contribution in [1.82, 2.24) is 10.3 Å². The lowest BCUT2D eigenvalue weighted by molar-refractivity contribution is -0.120. The molecule has 1 unspecified atom stereocenters. The molecule has 1 saturated heterocycles. The largest absolute Gasteiger partial charge is 0.506 e. The van der Waals surface area contributed by atoms with Gasteiger partial charge in [0, 0.05) is 18.8 Å². The molecule has 5 heteroatoms. The number of hydrogen-bond donors (Lipinski definition) is 2. The van der Waals surface area contributed by atoms with Crippen molar-refractivity contribution >= 4 is 5.91 Å². The van der Waals surface area contributed by atoms with E-state index in [1.807, 2.05) is 6.07 Å². The molecule has 2 aliphatic carbocycles. The van der Waals surface area contributed by atoms with E-state index in [1.54, 1.807) is 0 Å². The van der Waals surface area contributed by atoms with Gasteiger partial charge < -0.3 is 15.2 Å². The van der Waals surface area contributed by atoms with Gasteiger partial charge in [-0.15, -0.1) is 0 Å². The molecule has 1 aromatic heterocycles. The third kappa shape index (κ3) is 2.78. The molecule has 1 amide bonds. The minimum Gasteiger partial charge on any atom is -0.506 e. The van der Waals surface area contributed by atoms with E-state index < -0.39 is 0 Å². The lowest BCUT2D eigenvalue weighted by atomic mass is 9.59. The topological polar surface area (TPSA) is 71.5 Å². The van der Waals surface area contributed by atoms with Crippen LogP contribution in [-0.4, -0.2) is 28.6 Å². The highest BCUT2D eigenvalue weighted by atomic mass is 16.5. The monoisotopic (exact) mass is 392 g/mol. The molecule has 5 nitrogen and oxygen atoms in total. The summed E-state index contributed by atoms with van der Waals surface area (Å²) in [5, 5.41) is 13.1. The summed E-state index contributed by atoms with van der Waals surface area (Å²) in [5.41, 5.74) is 1.72. The molecule has 1 aromatic carbocycles. The number of aromatic hydroxyl groups is 1. The lowest BCUT2D eigenvalue weighted by Gasteiger charge is -2.53. The predicted molar refractivity (Wildman–Crippen MR) is 109 cm³/mol. The number of aromatic nitrogens is 1. The highest BCUT2D eigenvalue weighted by Gasteiger charge is 2.68. The highest BCUT2D eigenvalue weighted by molar-refractivity contribution is 5.94. The molecular weight excluding hydrogens is 364 g/mol. The maximum atomic E-state index is 13.0. The van der Waals surface area contributed by atoms with Gasteiger partial charge in [-0.05, 0) is 53.6 Å². The second-order valence-electron chi connectivity index (χ2n) is 9.59. The standard InChI is InChI=1S/C24H28N2O3/c1-23(2)17-11-19-20(15-6-4-3-5-7-15)29-9-8-24(19,12-17)22(23)26-21(28)16-10-18(27)14-25-13-16/h3-7,10,13-14,17,19-20,22,27H,8-9,11-12H2,1-2H3,(H,26,28)/t17-,19-,20-,22+,24?/m1/s1. The normalized spacial score (nSPS) is 34.6. The molecule has 5 rings (SSSR count). The Hall–Kier alpha value is -2.40. The Bertz CT molecular complexity index is 929. The van der Waals surface area contributed by atoms with E-state index in [0.29, 0.717) is 17.4 Å². The van der Waals surface area contributed by atoms with Crippen molar-refractivity contribution < 1.29 is 14.6 Å². The van der Waals surface area contributed by atoms with E-state index in [9.17, 15) is 9.90 Å². The maximum Gasteiger partial charge on any atom is 0.253 e. The van der Waals surface area contributed by atoms with Gasteiger partial charge in [-0.1, -0.05) is 44.2 Å². The van der Waals surface area contributed by atoms with Crippen LogP contribution < -0.4 is 5.32 Å². The number of pyridine rings is 1. The van der Waals surface area contributed by atoms with Crippen LogP contribution in [0.3, 0.4) is 0 Å². The fraction of sp³-hybridized carbons (Fsp3) is 0.500. The number of nitrogens with one attached hydrogen (secondary N) is 1. The molecule has 3 aliphatic rings. The number of carbonyl (C=O) groups excluding carboxylic acids is 1. The van der Waals surface area contributed by atoms with E-state index in [2.05, 4.69) is 48.4 Å². The Balaban J connectivity index is 1.48. The van der Waals surface area contributed by atoms with Gasteiger partial charge in [-0.2, -0.15) is 0 Å².